The van der Waals surface area contributed by atoms with Gasteiger partial charge in [0.15, 0.2) is 11.5 Å². The fourth-order valence-corrected chi connectivity index (χ4v) is 1.49. The van der Waals surface area contributed by atoms with Crippen LogP contribution in [0.1, 0.15) is 11.1 Å². The molecule has 0 aliphatic rings. The lowest BCUT2D eigenvalue weighted by Gasteiger charge is -2.13. The van der Waals surface area contributed by atoms with E-state index in [1.165, 1.54) is 14.2 Å². The first kappa shape index (κ1) is 12.1. The maximum Gasteiger partial charge on any atom is 0.162 e. The van der Waals surface area contributed by atoms with E-state index < -0.39 is 0 Å². The van der Waals surface area contributed by atoms with E-state index in [2.05, 4.69) is 5.48 Å². The largest absolute Gasteiger partial charge is 0.504 e. The Morgan fingerprint density at radius 3 is 2.67 bits per heavy atom. The van der Waals surface area contributed by atoms with Gasteiger partial charge in [-0.1, -0.05) is 11.6 Å². The molecule has 1 aromatic rings. The number of rotatable bonds is 4. The number of hydroxylamine groups is 1. The Morgan fingerprint density at radius 1 is 1.47 bits per heavy atom. The number of nitrogens with one attached hydrogen (secondary N) is 1. The van der Waals surface area contributed by atoms with Gasteiger partial charge in [0, 0.05) is 16.7 Å². The molecule has 0 aromatic heterocycles. The fourth-order valence-electron chi connectivity index (χ4n) is 1.28. The number of ether oxygens (including phenoxy) is 1. The molecule has 0 amide bonds. The number of phenolic OH excluding ortho intramolecular Hbond substituents is 1. The van der Waals surface area contributed by atoms with E-state index in [-0.39, 0.29) is 5.75 Å². The Kier molecular flexibility index (Phi) is 4.20. The third-order valence-corrected chi connectivity index (χ3v) is 2.59. The predicted molar refractivity (Wildman–Crippen MR) is 58.3 cm³/mol. The van der Waals surface area contributed by atoms with Crippen LogP contribution in [0.5, 0.6) is 11.5 Å². The van der Waals surface area contributed by atoms with Gasteiger partial charge in [0.25, 0.3) is 0 Å². The molecule has 15 heavy (non-hydrogen) atoms. The van der Waals surface area contributed by atoms with Crippen molar-refractivity contribution in [3.63, 3.8) is 0 Å². The lowest BCUT2D eigenvalue weighted by atomic mass is 10.1. The molecule has 4 nitrogen and oxygen atoms in total. The highest BCUT2D eigenvalue weighted by molar-refractivity contribution is 6.31. The zero-order valence-electron chi connectivity index (χ0n) is 8.93. The second-order valence-electron chi connectivity index (χ2n) is 3.04. The van der Waals surface area contributed by atoms with Gasteiger partial charge in [0.1, 0.15) is 0 Å². The molecule has 0 bridgehead atoms. The van der Waals surface area contributed by atoms with E-state index >= 15 is 0 Å². The SMILES string of the molecule is CONCc1c(C)c(Cl)cc(OC)c1O. The van der Waals surface area contributed by atoms with Crippen LogP contribution in [0.15, 0.2) is 6.07 Å². The second-order valence-corrected chi connectivity index (χ2v) is 3.45. The first-order chi connectivity index (χ1) is 7.11. The summed E-state index contributed by atoms with van der Waals surface area (Å²) in [7, 11) is 2.99. The zero-order valence-corrected chi connectivity index (χ0v) is 9.68. The Morgan fingerprint density at radius 2 is 2.13 bits per heavy atom. The van der Waals surface area contributed by atoms with Gasteiger partial charge in [-0.15, -0.1) is 0 Å². The summed E-state index contributed by atoms with van der Waals surface area (Å²) in [5.74, 6) is 0.447. The number of benzene rings is 1. The van der Waals surface area contributed by atoms with E-state index in [9.17, 15) is 5.11 Å². The van der Waals surface area contributed by atoms with Crippen molar-refractivity contribution in [1.29, 1.82) is 0 Å². The molecule has 5 heteroatoms. The predicted octanol–water partition coefficient (Wildman–Crippen LogP) is 2.01. The summed E-state index contributed by atoms with van der Waals surface area (Å²) in [6.45, 7) is 2.19. The Labute approximate surface area is 93.7 Å². The summed E-state index contributed by atoms with van der Waals surface area (Å²) in [4.78, 5) is 4.72. The van der Waals surface area contributed by atoms with E-state index in [1.807, 2.05) is 6.92 Å². The van der Waals surface area contributed by atoms with Crippen LogP contribution in [0.2, 0.25) is 5.02 Å². The quantitative estimate of drug-likeness (QED) is 0.779. The highest BCUT2D eigenvalue weighted by Crippen LogP contribution is 2.36. The molecule has 0 unspecified atom stereocenters. The summed E-state index contributed by atoms with van der Waals surface area (Å²) < 4.78 is 5.00. The topological polar surface area (TPSA) is 50.7 Å². The zero-order chi connectivity index (χ0) is 11.4. The molecule has 0 aliphatic carbocycles. The molecule has 0 heterocycles. The van der Waals surface area contributed by atoms with Crippen LogP contribution < -0.4 is 10.2 Å². The Hall–Kier alpha value is -0.970. The molecule has 0 saturated heterocycles. The Balaban J connectivity index is 3.15. The maximum atomic E-state index is 9.84. The summed E-state index contributed by atoms with van der Waals surface area (Å²) in [5, 5.41) is 10.4. The Bertz CT molecular complexity index is 355. The molecule has 0 atom stereocenters. The van der Waals surface area contributed by atoms with Gasteiger partial charge < -0.3 is 14.7 Å². The summed E-state index contributed by atoms with van der Waals surface area (Å²) in [5.41, 5.74) is 4.12. The third-order valence-electron chi connectivity index (χ3n) is 2.20. The standard InChI is InChI=1S/C10H14ClNO3/c1-6-7(5-12-15-3)10(13)9(14-2)4-8(6)11/h4,12-13H,5H2,1-3H3. The van der Waals surface area contributed by atoms with Gasteiger partial charge in [-0.25, -0.2) is 0 Å². The van der Waals surface area contributed by atoms with Crippen molar-refractivity contribution in [2.24, 2.45) is 0 Å². The van der Waals surface area contributed by atoms with Crippen LogP contribution in [-0.2, 0) is 11.4 Å². The number of hydrogen-bond donors (Lipinski definition) is 2. The van der Waals surface area contributed by atoms with Gasteiger partial charge in [-0.05, 0) is 12.5 Å². The van der Waals surface area contributed by atoms with Gasteiger partial charge >= 0.3 is 0 Å². The highest BCUT2D eigenvalue weighted by atomic mass is 35.5. The van der Waals surface area contributed by atoms with Gasteiger partial charge in [0.2, 0.25) is 0 Å². The molecule has 0 radical (unpaired) electrons. The van der Waals surface area contributed by atoms with Crippen LogP contribution in [0.25, 0.3) is 0 Å². The molecule has 2 N–H and O–H groups in total. The van der Waals surface area contributed by atoms with Crippen LogP contribution in [0.4, 0.5) is 0 Å². The molecule has 1 aromatic carbocycles. The molecule has 0 aliphatic heterocycles. The molecule has 0 spiro atoms. The van der Waals surface area contributed by atoms with Crippen LogP contribution >= 0.6 is 11.6 Å². The van der Waals surface area contributed by atoms with Crippen LogP contribution in [0, 0.1) is 6.92 Å². The van der Waals surface area contributed by atoms with Crippen molar-refractivity contribution in [3.05, 3.63) is 22.2 Å². The molecule has 0 fully saturated rings. The van der Waals surface area contributed by atoms with Gasteiger partial charge in [-0.3, -0.25) is 0 Å². The van der Waals surface area contributed by atoms with Crippen molar-refractivity contribution in [3.8, 4) is 11.5 Å². The fraction of sp³-hybridized carbons (Fsp3) is 0.400. The molecule has 84 valence electrons. The molecule has 0 saturated carbocycles. The van der Waals surface area contributed by atoms with E-state index in [1.54, 1.807) is 6.07 Å². The summed E-state index contributed by atoms with van der Waals surface area (Å²) >= 11 is 5.99. The minimum atomic E-state index is 0.0870. The third kappa shape index (κ3) is 2.53. The first-order valence-electron chi connectivity index (χ1n) is 4.42. The summed E-state index contributed by atoms with van der Waals surface area (Å²) in [6.07, 6.45) is 0. The number of halogens is 1. The van der Waals surface area contributed by atoms with Crippen molar-refractivity contribution >= 4 is 11.6 Å². The molecular formula is C10H14ClNO3. The number of phenols is 1. The second kappa shape index (κ2) is 5.21. The average Bonchev–Trinajstić information content (AvgIpc) is 2.23. The maximum absolute atomic E-state index is 9.84. The van der Waals surface area contributed by atoms with Crippen molar-refractivity contribution in [2.75, 3.05) is 14.2 Å². The summed E-state index contributed by atoms with van der Waals surface area (Å²) in [6, 6.07) is 1.59. The minimum Gasteiger partial charge on any atom is -0.504 e. The van der Waals surface area contributed by atoms with Gasteiger partial charge in [-0.2, -0.15) is 5.48 Å². The number of hydrogen-bond acceptors (Lipinski definition) is 4. The van der Waals surface area contributed by atoms with Crippen LogP contribution in [-0.4, -0.2) is 19.3 Å². The lowest BCUT2D eigenvalue weighted by Crippen LogP contribution is -2.12. The molecular weight excluding hydrogens is 218 g/mol. The number of methoxy groups -OCH3 is 1. The van der Waals surface area contributed by atoms with E-state index in [0.29, 0.717) is 22.9 Å². The van der Waals surface area contributed by atoms with Gasteiger partial charge in [0.05, 0.1) is 20.8 Å². The lowest BCUT2D eigenvalue weighted by molar-refractivity contribution is 0.0859. The monoisotopic (exact) mass is 231 g/mol. The normalized spacial score (nSPS) is 10.4. The molecule has 1 rings (SSSR count). The van der Waals surface area contributed by atoms with E-state index in [4.69, 9.17) is 21.2 Å². The van der Waals surface area contributed by atoms with Crippen molar-refractivity contribution in [1.82, 2.24) is 5.48 Å². The highest BCUT2D eigenvalue weighted by Gasteiger charge is 2.14. The smallest absolute Gasteiger partial charge is 0.162 e. The minimum absolute atomic E-state index is 0.0870. The van der Waals surface area contributed by atoms with Crippen LogP contribution in [0.3, 0.4) is 0 Å². The van der Waals surface area contributed by atoms with E-state index in [0.717, 1.165) is 5.56 Å². The number of aromatic hydroxyl groups is 1. The first-order valence-corrected chi connectivity index (χ1v) is 4.80. The van der Waals surface area contributed by atoms with Crippen molar-refractivity contribution in [2.45, 2.75) is 13.5 Å². The van der Waals surface area contributed by atoms with Crippen molar-refractivity contribution < 1.29 is 14.7 Å². The average molecular weight is 232 g/mol.